The van der Waals surface area contributed by atoms with Gasteiger partial charge in [0.1, 0.15) is 12.4 Å². The second-order valence-corrected chi connectivity index (χ2v) is 7.83. The van der Waals surface area contributed by atoms with E-state index in [1.54, 1.807) is 4.90 Å². The van der Waals surface area contributed by atoms with Gasteiger partial charge in [-0.1, -0.05) is 6.07 Å². The lowest BCUT2D eigenvalue weighted by Gasteiger charge is -2.45. The minimum absolute atomic E-state index is 0.00918. The van der Waals surface area contributed by atoms with Gasteiger partial charge in [0.2, 0.25) is 15.9 Å². The molecule has 24 heavy (non-hydrogen) atoms. The van der Waals surface area contributed by atoms with Crippen molar-refractivity contribution < 1.29 is 27.1 Å². The Balaban J connectivity index is 1.74. The van der Waals surface area contributed by atoms with Crippen molar-refractivity contribution in [2.24, 2.45) is 0 Å². The molecule has 0 spiro atoms. The van der Waals surface area contributed by atoms with Gasteiger partial charge in [0.25, 0.3) is 0 Å². The number of methoxy groups -OCH3 is 1. The number of morpholine rings is 2. The number of hydrogen-bond donors (Lipinski definition) is 0. The predicted octanol–water partition coefficient (Wildman–Crippen LogP) is 0.0724. The van der Waals surface area contributed by atoms with Crippen LogP contribution in [0.25, 0.3) is 0 Å². The molecule has 3 rings (SSSR count). The van der Waals surface area contributed by atoms with Gasteiger partial charge >= 0.3 is 0 Å². The van der Waals surface area contributed by atoms with Gasteiger partial charge in [-0.25, -0.2) is 12.8 Å². The highest BCUT2D eigenvalue weighted by atomic mass is 32.2. The first-order valence-corrected chi connectivity index (χ1v) is 9.02. The van der Waals surface area contributed by atoms with Crippen LogP contribution in [0.3, 0.4) is 0 Å². The summed E-state index contributed by atoms with van der Waals surface area (Å²) in [5.74, 6) is -0.738. The first-order valence-electron chi connectivity index (χ1n) is 7.58. The zero-order valence-electron chi connectivity index (χ0n) is 13.2. The monoisotopic (exact) mass is 358 g/mol. The van der Waals surface area contributed by atoms with E-state index in [-0.39, 0.29) is 30.5 Å². The number of carbonyl (C=O) groups is 1. The molecule has 2 fully saturated rings. The third-order valence-corrected chi connectivity index (χ3v) is 5.93. The van der Waals surface area contributed by atoms with Crippen LogP contribution in [0.15, 0.2) is 29.2 Å². The van der Waals surface area contributed by atoms with Crippen LogP contribution < -0.4 is 0 Å². The van der Waals surface area contributed by atoms with Crippen molar-refractivity contribution in [3.8, 4) is 0 Å². The molecule has 0 N–H and O–H groups in total. The van der Waals surface area contributed by atoms with Gasteiger partial charge in [0, 0.05) is 33.3 Å². The maximum atomic E-state index is 13.3. The first kappa shape index (κ1) is 17.3. The highest BCUT2D eigenvalue weighted by molar-refractivity contribution is 7.89. The molecule has 2 atom stereocenters. The SMILES string of the molecule is COCC(=O)N1C[C@@H]2CN(S(=O)(=O)c3cccc(F)c3)C[C@H](C1)O2. The molecule has 7 nitrogen and oxygen atoms in total. The van der Waals surface area contributed by atoms with Crippen LogP contribution in [-0.2, 0) is 24.3 Å². The molecule has 132 valence electrons. The number of fused-ring (bicyclic) bond motifs is 2. The zero-order chi connectivity index (χ0) is 17.3. The average Bonchev–Trinajstić information content (AvgIpc) is 2.54. The number of ether oxygens (including phenoxy) is 2. The largest absolute Gasteiger partial charge is 0.375 e. The van der Waals surface area contributed by atoms with Gasteiger partial charge < -0.3 is 14.4 Å². The quantitative estimate of drug-likeness (QED) is 0.762. The predicted molar refractivity (Wildman–Crippen MR) is 82.3 cm³/mol. The molecule has 0 saturated carbocycles. The van der Waals surface area contributed by atoms with Crippen molar-refractivity contribution in [3.05, 3.63) is 30.1 Å². The molecule has 0 aromatic heterocycles. The lowest BCUT2D eigenvalue weighted by Crippen LogP contribution is -2.61. The van der Waals surface area contributed by atoms with E-state index in [2.05, 4.69) is 0 Å². The Morgan fingerprint density at radius 3 is 2.54 bits per heavy atom. The smallest absolute Gasteiger partial charge is 0.248 e. The standard InChI is InChI=1S/C15H19FN2O5S/c1-22-10-15(19)17-6-12-8-18(9-13(7-17)23-12)24(20,21)14-4-2-3-11(16)5-14/h2-5,12-13H,6-10H2,1H3/t12-,13+. The molecule has 2 saturated heterocycles. The molecule has 0 unspecified atom stereocenters. The fourth-order valence-corrected chi connectivity index (χ4v) is 4.58. The Hall–Kier alpha value is -1.55. The highest BCUT2D eigenvalue weighted by Crippen LogP contribution is 2.25. The van der Waals surface area contributed by atoms with E-state index in [0.717, 1.165) is 6.07 Å². The van der Waals surface area contributed by atoms with Crippen molar-refractivity contribution in [1.82, 2.24) is 9.21 Å². The second kappa shape index (κ2) is 6.75. The second-order valence-electron chi connectivity index (χ2n) is 5.89. The van der Waals surface area contributed by atoms with E-state index in [1.807, 2.05) is 0 Å². The summed E-state index contributed by atoms with van der Waals surface area (Å²) in [5.41, 5.74) is 0. The molecular weight excluding hydrogens is 339 g/mol. The Kier molecular flexibility index (Phi) is 4.86. The molecule has 1 aromatic carbocycles. The van der Waals surface area contributed by atoms with Gasteiger partial charge in [-0.2, -0.15) is 4.31 Å². The van der Waals surface area contributed by atoms with Crippen LogP contribution >= 0.6 is 0 Å². The molecule has 0 aliphatic carbocycles. The van der Waals surface area contributed by atoms with Crippen molar-refractivity contribution >= 4 is 15.9 Å². The zero-order valence-corrected chi connectivity index (χ0v) is 14.0. The molecule has 2 bridgehead atoms. The minimum Gasteiger partial charge on any atom is -0.375 e. The van der Waals surface area contributed by atoms with Crippen LogP contribution in [0.4, 0.5) is 4.39 Å². The van der Waals surface area contributed by atoms with Crippen LogP contribution in [0, 0.1) is 5.82 Å². The number of halogens is 1. The fraction of sp³-hybridized carbons (Fsp3) is 0.533. The average molecular weight is 358 g/mol. The molecule has 1 aromatic rings. The molecule has 0 radical (unpaired) electrons. The van der Waals surface area contributed by atoms with Crippen molar-refractivity contribution in [3.63, 3.8) is 0 Å². The van der Waals surface area contributed by atoms with E-state index in [1.165, 1.54) is 29.6 Å². The van der Waals surface area contributed by atoms with E-state index in [4.69, 9.17) is 9.47 Å². The number of sulfonamides is 1. The number of hydrogen-bond acceptors (Lipinski definition) is 5. The number of amides is 1. The van der Waals surface area contributed by atoms with E-state index in [0.29, 0.717) is 13.1 Å². The van der Waals surface area contributed by atoms with Gasteiger partial charge in [0.05, 0.1) is 17.1 Å². The lowest BCUT2D eigenvalue weighted by molar-refractivity contribution is -0.157. The van der Waals surface area contributed by atoms with E-state index in [9.17, 15) is 17.6 Å². The normalized spacial score (nSPS) is 24.8. The topological polar surface area (TPSA) is 76.2 Å². The molecule has 2 heterocycles. The molecule has 2 aliphatic rings. The third-order valence-electron chi connectivity index (χ3n) is 4.10. The molecule has 2 aliphatic heterocycles. The molecule has 1 amide bonds. The first-order chi connectivity index (χ1) is 11.4. The Morgan fingerprint density at radius 1 is 1.29 bits per heavy atom. The fourth-order valence-electron chi connectivity index (χ4n) is 3.05. The Bertz CT molecular complexity index is 712. The van der Waals surface area contributed by atoms with Crippen molar-refractivity contribution in [1.29, 1.82) is 0 Å². The number of rotatable bonds is 4. The maximum absolute atomic E-state index is 13.3. The number of nitrogens with zero attached hydrogens (tertiary/aromatic N) is 2. The van der Waals surface area contributed by atoms with Gasteiger partial charge in [-0.3, -0.25) is 4.79 Å². The van der Waals surface area contributed by atoms with Crippen LogP contribution in [0.2, 0.25) is 0 Å². The van der Waals surface area contributed by atoms with Crippen LogP contribution in [-0.4, -0.2) is 75.6 Å². The summed E-state index contributed by atoms with van der Waals surface area (Å²) < 4.78 is 50.6. The summed E-state index contributed by atoms with van der Waals surface area (Å²) in [6.45, 7) is 0.880. The van der Waals surface area contributed by atoms with E-state index >= 15 is 0 Å². The third kappa shape index (κ3) is 3.44. The highest BCUT2D eigenvalue weighted by Gasteiger charge is 2.41. The van der Waals surface area contributed by atoms with Crippen molar-refractivity contribution in [2.75, 3.05) is 39.9 Å². The summed E-state index contributed by atoms with van der Waals surface area (Å²) in [6.07, 6.45) is -0.803. The Labute approximate surface area is 140 Å². The lowest BCUT2D eigenvalue weighted by atomic mass is 10.1. The van der Waals surface area contributed by atoms with E-state index < -0.39 is 28.0 Å². The maximum Gasteiger partial charge on any atom is 0.248 e. The summed E-state index contributed by atoms with van der Waals surface area (Å²) in [7, 11) is -2.34. The van der Waals surface area contributed by atoms with Gasteiger partial charge in [-0.05, 0) is 18.2 Å². The molecular formula is C15H19FN2O5S. The van der Waals surface area contributed by atoms with Crippen molar-refractivity contribution in [2.45, 2.75) is 17.1 Å². The summed E-state index contributed by atoms with van der Waals surface area (Å²) >= 11 is 0. The van der Waals surface area contributed by atoms with Gasteiger partial charge in [0.15, 0.2) is 0 Å². The number of carbonyl (C=O) groups excluding carboxylic acids is 1. The molecule has 9 heteroatoms. The Morgan fingerprint density at radius 2 is 1.96 bits per heavy atom. The minimum atomic E-state index is -3.79. The summed E-state index contributed by atoms with van der Waals surface area (Å²) in [6, 6.07) is 4.95. The summed E-state index contributed by atoms with van der Waals surface area (Å²) in [5, 5.41) is 0. The van der Waals surface area contributed by atoms with Crippen LogP contribution in [0.1, 0.15) is 0 Å². The number of benzene rings is 1. The summed E-state index contributed by atoms with van der Waals surface area (Å²) in [4.78, 5) is 13.5. The van der Waals surface area contributed by atoms with Crippen LogP contribution in [0.5, 0.6) is 0 Å². The van der Waals surface area contributed by atoms with Gasteiger partial charge in [-0.15, -0.1) is 0 Å².